The van der Waals surface area contributed by atoms with E-state index >= 15 is 0 Å². The third kappa shape index (κ3) is 7.88. The number of quaternary nitrogens is 1. The molecule has 0 spiro atoms. The van der Waals surface area contributed by atoms with Gasteiger partial charge in [-0.25, -0.2) is 0 Å². The number of carbonyl (C=O) groups is 1. The van der Waals surface area contributed by atoms with Crippen LogP contribution in [0, 0.1) is 0 Å². The summed E-state index contributed by atoms with van der Waals surface area (Å²) in [5.74, 6) is -0.180. The number of alkyl halides is 3. The maximum absolute atomic E-state index is 12.0. The Balaban J connectivity index is 2.49. The Morgan fingerprint density at radius 1 is 1.33 bits per heavy atom. The van der Waals surface area contributed by atoms with Crippen molar-refractivity contribution in [3.05, 3.63) is 35.9 Å². The van der Waals surface area contributed by atoms with Crippen LogP contribution in [-0.4, -0.2) is 36.1 Å². The van der Waals surface area contributed by atoms with Crippen LogP contribution in [0.15, 0.2) is 30.3 Å². The molecule has 4 nitrogen and oxygen atoms in total. The van der Waals surface area contributed by atoms with Crippen LogP contribution in [0.5, 0.6) is 0 Å². The second-order valence-electron chi connectivity index (χ2n) is 4.62. The zero-order chi connectivity index (χ0) is 15.7. The molecule has 7 heteroatoms. The number of halogens is 3. The first-order valence-electron chi connectivity index (χ1n) is 6.65. The van der Waals surface area contributed by atoms with E-state index in [9.17, 15) is 4.79 Å². The van der Waals surface area contributed by atoms with Gasteiger partial charge in [-0.1, -0.05) is 65.1 Å². The summed E-state index contributed by atoms with van der Waals surface area (Å²) < 4.78 is 3.39. The van der Waals surface area contributed by atoms with E-state index in [4.69, 9.17) is 39.5 Å². The average Bonchev–Trinajstić information content (AvgIpc) is 2.42. The normalized spacial score (nSPS) is 13.0. The zero-order valence-corrected chi connectivity index (χ0v) is 14.1. The van der Waals surface area contributed by atoms with Crippen molar-refractivity contribution in [1.29, 1.82) is 0 Å². The molecule has 0 aromatic heterocycles. The van der Waals surface area contributed by atoms with E-state index in [1.807, 2.05) is 30.3 Å². The van der Waals surface area contributed by atoms with Crippen LogP contribution in [0.4, 0.5) is 0 Å². The van der Waals surface area contributed by atoms with Gasteiger partial charge in [-0.3, -0.25) is 4.79 Å². The van der Waals surface area contributed by atoms with Crippen molar-refractivity contribution in [2.45, 2.75) is 22.8 Å². The number of nitrogens with two attached hydrogens (primary N) is 1. The van der Waals surface area contributed by atoms with E-state index in [1.165, 1.54) is 0 Å². The van der Waals surface area contributed by atoms with Crippen molar-refractivity contribution in [2.75, 3.05) is 20.3 Å². The largest absolute Gasteiger partial charge is 0.384 e. The van der Waals surface area contributed by atoms with Crippen molar-refractivity contribution in [2.24, 2.45) is 0 Å². The van der Waals surface area contributed by atoms with Gasteiger partial charge in [0.05, 0.1) is 19.6 Å². The van der Waals surface area contributed by atoms with Crippen molar-refractivity contribution in [3.8, 4) is 0 Å². The lowest BCUT2D eigenvalue weighted by molar-refractivity contribution is -0.692. The molecule has 118 valence electrons. The van der Waals surface area contributed by atoms with Crippen LogP contribution >= 0.6 is 34.8 Å². The Morgan fingerprint density at radius 3 is 2.57 bits per heavy atom. The van der Waals surface area contributed by atoms with Gasteiger partial charge in [0.1, 0.15) is 0 Å². The molecule has 3 N–H and O–H groups in total. The van der Waals surface area contributed by atoms with E-state index in [0.29, 0.717) is 13.2 Å². The van der Waals surface area contributed by atoms with Gasteiger partial charge in [-0.2, -0.15) is 0 Å². The molecule has 0 unspecified atom stereocenters. The molecule has 1 atom stereocenters. The van der Waals surface area contributed by atoms with Gasteiger partial charge in [-0.15, -0.1) is 0 Å². The summed E-state index contributed by atoms with van der Waals surface area (Å²) in [7, 11) is 1.63. The molecule has 0 aliphatic rings. The van der Waals surface area contributed by atoms with Crippen LogP contribution in [0.25, 0.3) is 0 Å². The van der Waals surface area contributed by atoms with Crippen molar-refractivity contribution in [1.82, 2.24) is 5.32 Å². The van der Waals surface area contributed by atoms with Gasteiger partial charge in [0, 0.05) is 13.5 Å². The standard InChI is InChI=1S/C14H19Cl3N2O2/c1-21-9-5-8-18-13(14(15,16)17)19-12(20)10-11-6-3-2-4-7-11/h2-4,6-7,13,18H,5,8-10H2,1H3,(H,19,20)/p+1/t13-/m1/s1. The first kappa shape index (κ1) is 18.5. The average molecular weight is 355 g/mol. The first-order valence-corrected chi connectivity index (χ1v) is 7.79. The summed E-state index contributed by atoms with van der Waals surface area (Å²) in [6.45, 7) is 1.32. The Hall–Kier alpha value is -0.520. The van der Waals surface area contributed by atoms with E-state index in [2.05, 4.69) is 5.32 Å². The number of ether oxygens (including phenoxy) is 1. The lowest BCUT2D eigenvalue weighted by Crippen LogP contribution is -2.96. The summed E-state index contributed by atoms with van der Waals surface area (Å²) in [6, 6.07) is 9.42. The Morgan fingerprint density at radius 2 is 2.00 bits per heavy atom. The van der Waals surface area contributed by atoms with Gasteiger partial charge in [0.2, 0.25) is 12.1 Å². The Labute approximate surface area is 140 Å². The SMILES string of the molecule is COCCC[NH2+][C@H](NC(=O)Cc1ccccc1)C(Cl)(Cl)Cl. The predicted octanol–water partition coefficient (Wildman–Crippen LogP) is 1.64. The summed E-state index contributed by atoms with van der Waals surface area (Å²) in [4.78, 5) is 12.0. The fourth-order valence-corrected chi connectivity index (χ4v) is 2.22. The summed E-state index contributed by atoms with van der Waals surface area (Å²) in [5, 5.41) is 4.55. The molecule has 1 aromatic carbocycles. The van der Waals surface area contributed by atoms with Gasteiger partial charge in [0.25, 0.3) is 3.79 Å². The van der Waals surface area contributed by atoms with E-state index in [-0.39, 0.29) is 12.3 Å². The lowest BCUT2D eigenvalue weighted by Gasteiger charge is -2.23. The van der Waals surface area contributed by atoms with Crippen LogP contribution in [-0.2, 0) is 16.0 Å². The highest BCUT2D eigenvalue weighted by molar-refractivity contribution is 6.68. The second-order valence-corrected chi connectivity index (χ2v) is 6.99. The number of benzene rings is 1. The van der Waals surface area contributed by atoms with Crippen LogP contribution in [0.1, 0.15) is 12.0 Å². The molecule has 1 aromatic rings. The van der Waals surface area contributed by atoms with Gasteiger partial charge in [0.15, 0.2) is 0 Å². The minimum absolute atomic E-state index is 0.180. The molecule has 0 aliphatic carbocycles. The number of hydrogen-bond donors (Lipinski definition) is 2. The third-order valence-electron chi connectivity index (χ3n) is 2.83. The van der Waals surface area contributed by atoms with Gasteiger partial charge >= 0.3 is 0 Å². The van der Waals surface area contributed by atoms with Crippen molar-refractivity contribution < 1.29 is 14.8 Å². The summed E-state index contributed by atoms with van der Waals surface area (Å²) in [5.41, 5.74) is 0.914. The fraction of sp³-hybridized carbons (Fsp3) is 0.500. The van der Waals surface area contributed by atoms with Crippen LogP contribution in [0.2, 0.25) is 0 Å². The van der Waals surface area contributed by atoms with Crippen LogP contribution in [0.3, 0.4) is 0 Å². The molecular weight excluding hydrogens is 335 g/mol. The monoisotopic (exact) mass is 353 g/mol. The highest BCUT2D eigenvalue weighted by atomic mass is 35.6. The molecule has 0 saturated heterocycles. The maximum atomic E-state index is 12.0. The number of amides is 1. The topological polar surface area (TPSA) is 54.9 Å². The van der Waals surface area contributed by atoms with Gasteiger partial charge < -0.3 is 15.4 Å². The molecule has 0 fully saturated rings. The molecule has 1 amide bonds. The van der Waals surface area contributed by atoms with E-state index < -0.39 is 9.96 Å². The second kappa shape index (κ2) is 9.49. The smallest absolute Gasteiger partial charge is 0.262 e. The third-order valence-corrected chi connectivity index (χ3v) is 3.54. The van der Waals surface area contributed by atoms with Crippen molar-refractivity contribution >= 4 is 40.7 Å². The number of carbonyl (C=O) groups excluding carboxylic acids is 1. The molecular formula is C14H20Cl3N2O2+. The number of methoxy groups -OCH3 is 1. The quantitative estimate of drug-likeness (QED) is 0.424. The molecule has 0 bridgehead atoms. The summed E-state index contributed by atoms with van der Waals surface area (Å²) >= 11 is 17.7. The highest BCUT2D eigenvalue weighted by Gasteiger charge is 2.37. The number of hydrogen-bond acceptors (Lipinski definition) is 2. The molecule has 1 rings (SSSR count). The van der Waals surface area contributed by atoms with Crippen molar-refractivity contribution in [3.63, 3.8) is 0 Å². The van der Waals surface area contributed by atoms with E-state index in [0.717, 1.165) is 12.0 Å². The molecule has 0 aliphatic heterocycles. The predicted molar refractivity (Wildman–Crippen MR) is 85.7 cm³/mol. The molecule has 21 heavy (non-hydrogen) atoms. The molecule has 0 heterocycles. The van der Waals surface area contributed by atoms with Crippen LogP contribution < -0.4 is 10.6 Å². The number of nitrogens with one attached hydrogen (secondary N) is 1. The fourth-order valence-electron chi connectivity index (χ4n) is 1.79. The highest BCUT2D eigenvalue weighted by Crippen LogP contribution is 2.27. The van der Waals surface area contributed by atoms with E-state index in [1.54, 1.807) is 12.4 Å². The first-order chi connectivity index (χ1) is 9.93. The number of rotatable bonds is 8. The lowest BCUT2D eigenvalue weighted by atomic mass is 10.1. The minimum Gasteiger partial charge on any atom is -0.384 e. The maximum Gasteiger partial charge on any atom is 0.262 e. The van der Waals surface area contributed by atoms with Gasteiger partial charge in [-0.05, 0) is 5.56 Å². The summed E-state index contributed by atoms with van der Waals surface area (Å²) in [6.07, 6.45) is 0.433. The Bertz CT molecular complexity index is 424. The Kier molecular flexibility index (Phi) is 8.37. The molecule has 0 radical (unpaired) electrons. The minimum atomic E-state index is -1.57. The zero-order valence-electron chi connectivity index (χ0n) is 11.8. The molecule has 0 saturated carbocycles.